The Hall–Kier alpha value is -1.81. The Bertz CT molecular complexity index is 593. The highest BCUT2D eigenvalue weighted by atomic mass is 15.3. The van der Waals surface area contributed by atoms with E-state index >= 15 is 0 Å². The summed E-state index contributed by atoms with van der Waals surface area (Å²) in [5.41, 5.74) is 2.32. The van der Waals surface area contributed by atoms with Crippen LogP contribution >= 0.6 is 0 Å². The number of fused-ring (bicyclic) bond motifs is 1. The molecule has 2 unspecified atom stereocenters. The van der Waals surface area contributed by atoms with E-state index in [0.29, 0.717) is 6.04 Å². The van der Waals surface area contributed by atoms with Crippen LogP contribution < -0.4 is 5.32 Å². The van der Waals surface area contributed by atoms with Gasteiger partial charge in [0.2, 0.25) is 0 Å². The van der Waals surface area contributed by atoms with E-state index < -0.39 is 0 Å². The Labute approximate surface area is 125 Å². The molecule has 4 nitrogen and oxygen atoms in total. The zero-order valence-corrected chi connectivity index (χ0v) is 12.3. The summed E-state index contributed by atoms with van der Waals surface area (Å²) in [5.74, 6) is 0. The molecule has 0 aliphatic carbocycles. The number of anilines is 1. The van der Waals surface area contributed by atoms with Crippen LogP contribution in [0.4, 0.5) is 5.69 Å². The zero-order chi connectivity index (χ0) is 14.1. The van der Waals surface area contributed by atoms with Gasteiger partial charge in [-0.1, -0.05) is 6.07 Å². The molecule has 2 fully saturated rings. The smallest absolute Gasteiger partial charge is 0.0666 e. The zero-order valence-electron chi connectivity index (χ0n) is 12.3. The van der Waals surface area contributed by atoms with Gasteiger partial charge in [-0.2, -0.15) is 5.10 Å². The van der Waals surface area contributed by atoms with Gasteiger partial charge in [0.05, 0.1) is 5.69 Å². The predicted octanol–water partition coefficient (Wildman–Crippen LogP) is 2.91. The van der Waals surface area contributed by atoms with Gasteiger partial charge in [-0.3, -0.25) is 0 Å². The molecular formula is C17H22N4. The molecule has 2 atom stereocenters. The molecule has 0 saturated carbocycles. The number of nitrogens with zero attached hydrogens (tertiary/aromatic N) is 3. The molecule has 2 aliphatic rings. The lowest BCUT2D eigenvalue weighted by molar-refractivity contribution is 0.188. The number of rotatable bonds is 3. The maximum absolute atomic E-state index is 4.30. The summed E-state index contributed by atoms with van der Waals surface area (Å²) >= 11 is 0. The van der Waals surface area contributed by atoms with Gasteiger partial charge in [0, 0.05) is 36.7 Å². The van der Waals surface area contributed by atoms with E-state index in [2.05, 4.69) is 39.6 Å². The van der Waals surface area contributed by atoms with E-state index in [1.54, 1.807) is 0 Å². The molecule has 0 amide bonds. The van der Waals surface area contributed by atoms with Crippen molar-refractivity contribution < 1.29 is 0 Å². The number of benzene rings is 1. The first-order valence-corrected chi connectivity index (χ1v) is 7.99. The van der Waals surface area contributed by atoms with Gasteiger partial charge >= 0.3 is 0 Å². The van der Waals surface area contributed by atoms with Crippen LogP contribution in [0.25, 0.3) is 5.69 Å². The van der Waals surface area contributed by atoms with Gasteiger partial charge in [0.1, 0.15) is 0 Å². The molecule has 0 bridgehead atoms. The molecule has 2 aromatic rings. The van der Waals surface area contributed by atoms with Crippen LogP contribution in [0.1, 0.15) is 25.7 Å². The fourth-order valence-corrected chi connectivity index (χ4v) is 3.75. The molecular weight excluding hydrogens is 260 g/mol. The van der Waals surface area contributed by atoms with Gasteiger partial charge in [-0.05, 0) is 56.5 Å². The van der Waals surface area contributed by atoms with Crippen molar-refractivity contribution in [2.45, 2.75) is 37.8 Å². The Morgan fingerprint density at radius 2 is 2.14 bits per heavy atom. The van der Waals surface area contributed by atoms with Crippen molar-refractivity contribution in [2.24, 2.45) is 0 Å². The third kappa shape index (κ3) is 2.68. The van der Waals surface area contributed by atoms with Gasteiger partial charge in [0.15, 0.2) is 0 Å². The first-order valence-electron chi connectivity index (χ1n) is 7.99. The molecule has 1 N–H and O–H groups in total. The van der Waals surface area contributed by atoms with Crippen molar-refractivity contribution in [3.05, 3.63) is 42.7 Å². The van der Waals surface area contributed by atoms with E-state index in [0.717, 1.165) is 11.7 Å². The van der Waals surface area contributed by atoms with Crippen LogP contribution in [0.5, 0.6) is 0 Å². The second-order valence-corrected chi connectivity index (χ2v) is 6.20. The predicted molar refractivity (Wildman–Crippen MR) is 84.8 cm³/mol. The Morgan fingerprint density at radius 3 is 3.05 bits per heavy atom. The average molecular weight is 282 g/mol. The summed E-state index contributed by atoms with van der Waals surface area (Å²) in [6.07, 6.45) is 9.10. The van der Waals surface area contributed by atoms with Gasteiger partial charge in [-0.15, -0.1) is 0 Å². The van der Waals surface area contributed by atoms with E-state index in [1.807, 2.05) is 23.1 Å². The summed E-state index contributed by atoms with van der Waals surface area (Å²) in [5, 5.41) is 8.03. The standard InChI is InChI=1S/C17H22N4/c1-4-14(13-17(5-1)21-10-3-8-18-21)19-15-7-11-20-9-2-6-16(20)12-15/h1,3-5,8,10,13,15-16,19H,2,6-7,9,11-12H2. The first-order chi connectivity index (χ1) is 10.4. The van der Waals surface area contributed by atoms with Crippen molar-refractivity contribution in [2.75, 3.05) is 18.4 Å². The summed E-state index contributed by atoms with van der Waals surface area (Å²) in [6.45, 7) is 2.56. The van der Waals surface area contributed by atoms with Gasteiger partial charge in [0.25, 0.3) is 0 Å². The number of piperidine rings is 1. The molecule has 4 heteroatoms. The van der Waals surface area contributed by atoms with Crippen LogP contribution in [0.2, 0.25) is 0 Å². The van der Waals surface area contributed by atoms with Crippen LogP contribution in [0.15, 0.2) is 42.7 Å². The highest BCUT2D eigenvalue weighted by molar-refractivity contribution is 5.51. The van der Waals surface area contributed by atoms with E-state index in [-0.39, 0.29) is 0 Å². The van der Waals surface area contributed by atoms with Crippen molar-refractivity contribution in [1.82, 2.24) is 14.7 Å². The van der Waals surface area contributed by atoms with Crippen molar-refractivity contribution >= 4 is 5.69 Å². The lowest BCUT2D eigenvalue weighted by atomic mass is 9.97. The SMILES string of the molecule is c1cc(NC2CCN3CCCC3C2)cc(-n2cccn2)c1. The number of hydrogen-bond acceptors (Lipinski definition) is 3. The maximum Gasteiger partial charge on any atom is 0.0666 e. The lowest BCUT2D eigenvalue weighted by Gasteiger charge is -2.35. The molecule has 2 aliphatic heterocycles. The second kappa shape index (κ2) is 5.53. The third-order valence-corrected chi connectivity index (χ3v) is 4.81. The molecule has 0 spiro atoms. The Kier molecular flexibility index (Phi) is 3.39. The summed E-state index contributed by atoms with van der Waals surface area (Å²) in [7, 11) is 0. The monoisotopic (exact) mass is 282 g/mol. The number of aromatic nitrogens is 2. The maximum atomic E-state index is 4.30. The minimum absolute atomic E-state index is 0.609. The van der Waals surface area contributed by atoms with E-state index in [4.69, 9.17) is 0 Å². The first kappa shape index (κ1) is 12.9. The average Bonchev–Trinajstić information content (AvgIpc) is 3.18. The van der Waals surface area contributed by atoms with Crippen molar-refractivity contribution in [3.8, 4) is 5.69 Å². The third-order valence-electron chi connectivity index (χ3n) is 4.81. The molecule has 1 aromatic carbocycles. The Morgan fingerprint density at radius 1 is 1.14 bits per heavy atom. The fraction of sp³-hybridized carbons (Fsp3) is 0.471. The lowest BCUT2D eigenvalue weighted by Crippen LogP contribution is -2.42. The van der Waals surface area contributed by atoms with Gasteiger partial charge in [-0.25, -0.2) is 4.68 Å². The molecule has 1 aromatic heterocycles. The fourth-order valence-electron chi connectivity index (χ4n) is 3.75. The van der Waals surface area contributed by atoms with E-state index in [1.165, 1.54) is 44.5 Å². The van der Waals surface area contributed by atoms with Crippen LogP contribution in [-0.4, -0.2) is 39.9 Å². The summed E-state index contributed by atoms with van der Waals surface area (Å²) < 4.78 is 1.91. The van der Waals surface area contributed by atoms with Crippen LogP contribution in [0.3, 0.4) is 0 Å². The summed E-state index contributed by atoms with van der Waals surface area (Å²) in [6, 6.07) is 11.9. The Balaban J connectivity index is 1.46. The van der Waals surface area contributed by atoms with E-state index in [9.17, 15) is 0 Å². The second-order valence-electron chi connectivity index (χ2n) is 6.20. The molecule has 2 saturated heterocycles. The molecule has 4 rings (SSSR count). The molecule has 0 radical (unpaired) electrons. The highest BCUT2D eigenvalue weighted by Gasteiger charge is 2.31. The highest BCUT2D eigenvalue weighted by Crippen LogP contribution is 2.28. The topological polar surface area (TPSA) is 33.1 Å². The minimum atomic E-state index is 0.609. The van der Waals surface area contributed by atoms with Crippen molar-refractivity contribution in [3.63, 3.8) is 0 Å². The minimum Gasteiger partial charge on any atom is -0.382 e. The molecule has 3 heterocycles. The van der Waals surface area contributed by atoms with Crippen LogP contribution in [-0.2, 0) is 0 Å². The number of hydrogen-bond donors (Lipinski definition) is 1. The van der Waals surface area contributed by atoms with Crippen molar-refractivity contribution in [1.29, 1.82) is 0 Å². The quantitative estimate of drug-likeness (QED) is 0.939. The van der Waals surface area contributed by atoms with Gasteiger partial charge < -0.3 is 10.2 Å². The summed E-state index contributed by atoms with van der Waals surface area (Å²) in [4.78, 5) is 2.67. The van der Waals surface area contributed by atoms with Crippen LogP contribution in [0, 0.1) is 0 Å². The number of nitrogens with one attached hydrogen (secondary N) is 1. The molecule has 21 heavy (non-hydrogen) atoms. The molecule has 110 valence electrons. The largest absolute Gasteiger partial charge is 0.382 e. The normalized spacial score (nSPS) is 25.7.